The highest BCUT2D eigenvalue weighted by atomic mass is 32.2. The fraction of sp³-hybridized carbons (Fsp3) is 0.0968. The van der Waals surface area contributed by atoms with Gasteiger partial charge in [-0.15, -0.1) is 0 Å². The number of nitrogens with one attached hydrogen (secondary N) is 1. The second kappa shape index (κ2) is 10.5. The summed E-state index contributed by atoms with van der Waals surface area (Å²) in [6, 6.07) is 17.2. The van der Waals surface area contributed by atoms with Crippen molar-refractivity contribution in [3.05, 3.63) is 95.8 Å². The maximum absolute atomic E-state index is 15.1. The van der Waals surface area contributed by atoms with Gasteiger partial charge in [0.25, 0.3) is 5.91 Å². The number of rotatable bonds is 6. The zero-order chi connectivity index (χ0) is 29.7. The van der Waals surface area contributed by atoms with E-state index in [0.717, 1.165) is 0 Å². The van der Waals surface area contributed by atoms with Crippen LogP contribution in [0.4, 0.5) is 18.9 Å². The molecule has 1 atom stereocenters. The average Bonchev–Trinajstić information content (AvgIpc) is 3.58. The number of benzene rings is 4. The second-order valence-corrected chi connectivity index (χ2v) is 10.9. The Hall–Kier alpha value is -4.90. The monoisotopic (exact) mass is 589 g/mol. The summed E-state index contributed by atoms with van der Waals surface area (Å²) in [5.74, 6) is -1.87. The standard InChI is InChI=1S/C31H22F3N3O4S/c1-35-30(38)27-22-14-21(17-11-18(13-20(33)12-17)31-36-28-23(34)5-4-6-25(28)41-31)24(37(2)42(3)39)15-26(22)40-29(27)16-7-9-19(32)10-8-16/h4-15H,1-3H3,(H,35,38). The Morgan fingerprint density at radius 2 is 1.62 bits per heavy atom. The molecule has 1 N–H and O–H groups in total. The SMILES string of the molecule is CNC(=O)c1c(-c2ccc(F)cc2)oc2cc(N(C)S(C)=O)c(-c3cc(F)cc(-c4nc5c(F)cccc5o4)c3)cc12. The minimum absolute atomic E-state index is 0.0128. The maximum atomic E-state index is 15.1. The highest BCUT2D eigenvalue weighted by Crippen LogP contribution is 2.42. The van der Waals surface area contributed by atoms with Crippen molar-refractivity contribution in [3.63, 3.8) is 0 Å². The lowest BCUT2D eigenvalue weighted by molar-refractivity contribution is 0.0964. The number of oxazole rings is 1. The van der Waals surface area contributed by atoms with Gasteiger partial charge in [-0.3, -0.25) is 9.10 Å². The molecule has 0 saturated carbocycles. The van der Waals surface area contributed by atoms with Crippen molar-refractivity contribution in [2.24, 2.45) is 0 Å². The number of furan rings is 1. The van der Waals surface area contributed by atoms with Gasteiger partial charge in [0.05, 0.1) is 11.3 Å². The van der Waals surface area contributed by atoms with Gasteiger partial charge >= 0.3 is 0 Å². The Labute approximate surface area is 240 Å². The molecule has 11 heteroatoms. The third kappa shape index (κ3) is 4.71. The molecule has 4 aromatic carbocycles. The van der Waals surface area contributed by atoms with Crippen LogP contribution in [0.5, 0.6) is 0 Å². The number of aromatic nitrogens is 1. The van der Waals surface area contributed by atoms with Crippen molar-refractivity contribution in [3.8, 4) is 33.9 Å². The van der Waals surface area contributed by atoms with Gasteiger partial charge in [-0.2, -0.15) is 0 Å². The van der Waals surface area contributed by atoms with E-state index in [0.29, 0.717) is 33.3 Å². The minimum atomic E-state index is -1.49. The van der Waals surface area contributed by atoms with Crippen LogP contribution in [0.2, 0.25) is 0 Å². The van der Waals surface area contributed by atoms with Gasteiger partial charge in [-0.1, -0.05) is 6.07 Å². The van der Waals surface area contributed by atoms with Crippen LogP contribution in [0.15, 0.2) is 81.6 Å². The van der Waals surface area contributed by atoms with Crippen LogP contribution in [0.3, 0.4) is 0 Å². The van der Waals surface area contributed by atoms with Crippen LogP contribution in [-0.2, 0) is 11.0 Å². The number of amides is 1. The lowest BCUT2D eigenvalue weighted by Crippen LogP contribution is -2.20. The number of anilines is 1. The third-order valence-electron chi connectivity index (χ3n) is 6.92. The Balaban J connectivity index is 1.61. The lowest BCUT2D eigenvalue weighted by atomic mass is 9.97. The molecule has 0 aliphatic heterocycles. The number of hydrogen-bond donors (Lipinski definition) is 1. The average molecular weight is 590 g/mol. The Kier molecular flexibility index (Phi) is 6.82. The predicted molar refractivity (Wildman–Crippen MR) is 156 cm³/mol. The van der Waals surface area contributed by atoms with E-state index < -0.39 is 34.3 Å². The summed E-state index contributed by atoms with van der Waals surface area (Å²) in [6.07, 6.45) is 1.49. The molecule has 6 rings (SSSR count). The number of nitrogens with zero attached hydrogens (tertiary/aromatic N) is 2. The topological polar surface area (TPSA) is 88.6 Å². The molecule has 1 unspecified atom stereocenters. The van der Waals surface area contributed by atoms with Gasteiger partial charge in [-0.25, -0.2) is 22.4 Å². The van der Waals surface area contributed by atoms with E-state index in [1.165, 1.54) is 66.1 Å². The molecule has 0 radical (unpaired) electrons. The largest absolute Gasteiger partial charge is 0.455 e. The minimum Gasteiger partial charge on any atom is -0.455 e. The first-order valence-corrected chi connectivity index (χ1v) is 14.2. The summed E-state index contributed by atoms with van der Waals surface area (Å²) in [5.41, 5.74) is 2.65. The molecule has 6 aromatic rings. The van der Waals surface area contributed by atoms with Gasteiger partial charge in [0.1, 0.15) is 39.5 Å². The predicted octanol–water partition coefficient (Wildman–Crippen LogP) is 7.08. The Morgan fingerprint density at radius 1 is 0.881 bits per heavy atom. The van der Waals surface area contributed by atoms with Crippen molar-refractivity contribution in [2.45, 2.75) is 0 Å². The highest BCUT2D eigenvalue weighted by Gasteiger charge is 2.25. The normalized spacial score (nSPS) is 12.1. The quantitative estimate of drug-likeness (QED) is 0.224. The molecule has 0 aliphatic carbocycles. The number of para-hydroxylation sites is 1. The van der Waals surface area contributed by atoms with Gasteiger partial charge < -0.3 is 14.2 Å². The van der Waals surface area contributed by atoms with E-state index in [1.807, 2.05) is 0 Å². The van der Waals surface area contributed by atoms with Crippen LogP contribution in [-0.4, -0.2) is 35.5 Å². The van der Waals surface area contributed by atoms with Crippen LogP contribution in [0, 0.1) is 17.5 Å². The van der Waals surface area contributed by atoms with E-state index in [4.69, 9.17) is 8.83 Å². The van der Waals surface area contributed by atoms with Gasteiger partial charge in [-0.05, 0) is 66.2 Å². The fourth-order valence-corrected chi connectivity index (χ4v) is 5.25. The first-order chi connectivity index (χ1) is 20.1. The Bertz CT molecular complexity index is 2040. The van der Waals surface area contributed by atoms with Crippen molar-refractivity contribution in [1.82, 2.24) is 10.3 Å². The Morgan fingerprint density at radius 3 is 2.31 bits per heavy atom. The van der Waals surface area contributed by atoms with Gasteiger partial charge in [0.15, 0.2) is 11.4 Å². The summed E-state index contributed by atoms with van der Waals surface area (Å²) < 4.78 is 69.0. The molecule has 42 heavy (non-hydrogen) atoms. The van der Waals surface area contributed by atoms with E-state index >= 15 is 4.39 Å². The molecule has 0 aliphatic rings. The molecule has 2 aromatic heterocycles. The van der Waals surface area contributed by atoms with E-state index in [2.05, 4.69) is 10.3 Å². The van der Waals surface area contributed by atoms with Crippen LogP contribution >= 0.6 is 0 Å². The summed E-state index contributed by atoms with van der Waals surface area (Å²) in [6.45, 7) is 0. The molecule has 0 bridgehead atoms. The number of halogens is 3. The second-order valence-electron chi connectivity index (χ2n) is 9.51. The van der Waals surface area contributed by atoms with E-state index in [9.17, 15) is 17.8 Å². The molecule has 0 saturated heterocycles. The first kappa shape index (κ1) is 27.3. The zero-order valence-corrected chi connectivity index (χ0v) is 23.3. The summed E-state index contributed by atoms with van der Waals surface area (Å²) in [7, 11) is 1.59. The van der Waals surface area contributed by atoms with E-state index in [1.54, 1.807) is 31.3 Å². The molecule has 2 heterocycles. The highest BCUT2D eigenvalue weighted by molar-refractivity contribution is 7.85. The maximum Gasteiger partial charge on any atom is 0.255 e. The molecule has 212 valence electrons. The van der Waals surface area contributed by atoms with E-state index in [-0.39, 0.29) is 33.9 Å². The molecule has 0 fully saturated rings. The summed E-state index contributed by atoms with van der Waals surface area (Å²) in [4.78, 5) is 17.3. The van der Waals surface area contributed by atoms with Gasteiger partial charge in [0, 0.05) is 48.5 Å². The van der Waals surface area contributed by atoms with Crippen LogP contribution in [0.1, 0.15) is 10.4 Å². The number of fused-ring (bicyclic) bond motifs is 2. The van der Waals surface area contributed by atoms with Crippen molar-refractivity contribution >= 4 is 44.6 Å². The molecule has 7 nitrogen and oxygen atoms in total. The van der Waals surface area contributed by atoms with Crippen molar-refractivity contribution < 1.29 is 31.0 Å². The number of carbonyl (C=O) groups is 1. The van der Waals surface area contributed by atoms with Crippen LogP contribution < -0.4 is 9.62 Å². The zero-order valence-electron chi connectivity index (χ0n) is 22.5. The van der Waals surface area contributed by atoms with Crippen LogP contribution in [0.25, 0.3) is 56.0 Å². The molecular formula is C31H22F3N3O4S. The molecule has 0 spiro atoms. The molecular weight excluding hydrogens is 567 g/mol. The fourth-order valence-electron chi connectivity index (χ4n) is 4.82. The van der Waals surface area contributed by atoms with Gasteiger partial charge in [0.2, 0.25) is 5.89 Å². The summed E-state index contributed by atoms with van der Waals surface area (Å²) in [5, 5.41) is 3.01. The lowest BCUT2D eigenvalue weighted by Gasteiger charge is -2.20. The number of carbonyl (C=O) groups excluding carboxylic acids is 1. The van der Waals surface area contributed by atoms with Crippen molar-refractivity contribution in [1.29, 1.82) is 0 Å². The first-order valence-electron chi connectivity index (χ1n) is 12.7. The number of hydrogen-bond acceptors (Lipinski definition) is 5. The summed E-state index contributed by atoms with van der Waals surface area (Å²) >= 11 is 0. The van der Waals surface area contributed by atoms with Crippen molar-refractivity contribution in [2.75, 3.05) is 24.7 Å². The molecule has 1 amide bonds. The third-order valence-corrected chi connectivity index (χ3v) is 7.89. The smallest absolute Gasteiger partial charge is 0.255 e.